The third-order valence-electron chi connectivity index (χ3n) is 3.86. The molecule has 5 nitrogen and oxygen atoms in total. The van der Waals surface area contributed by atoms with Gasteiger partial charge < -0.3 is 4.74 Å². The summed E-state index contributed by atoms with van der Waals surface area (Å²) in [6.07, 6.45) is 3.55. The number of ether oxygens (including phenoxy) is 1. The number of benzene rings is 2. The third-order valence-corrected chi connectivity index (χ3v) is 4.89. The van der Waals surface area contributed by atoms with Crippen LogP contribution in [0.15, 0.2) is 59.0 Å². The summed E-state index contributed by atoms with van der Waals surface area (Å²) >= 11 is 6.81. The van der Waals surface area contributed by atoms with Gasteiger partial charge in [0.2, 0.25) is 0 Å². The van der Waals surface area contributed by atoms with E-state index in [1.807, 2.05) is 30.5 Å². The van der Waals surface area contributed by atoms with E-state index in [2.05, 4.69) is 5.32 Å². The Morgan fingerprint density at radius 3 is 2.31 bits per heavy atom. The zero-order valence-electron chi connectivity index (χ0n) is 14.2. The van der Waals surface area contributed by atoms with Crippen LogP contribution in [0.4, 0.5) is 5.69 Å². The fourth-order valence-corrected chi connectivity index (χ4v) is 3.18. The van der Waals surface area contributed by atoms with Gasteiger partial charge in [-0.15, -0.1) is 11.8 Å². The molecule has 0 bridgehead atoms. The van der Waals surface area contributed by atoms with Crippen molar-refractivity contribution < 1.29 is 14.3 Å². The van der Waals surface area contributed by atoms with Crippen molar-refractivity contribution in [2.24, 2.45) is 0 Å². The molecule has 1 heterocycles. The SMILES string of the molecule is COc1ccc(N2C(=O)/C(=C\c3ccc(SC)cc3)C(=O)NC2=S)cc1. The smallest absolute Gasteiger partial charge is 0.270 e. The van der Waals surface area contributed by atoms with Crippen LogP contribution in [0.5, 0.6) is 5.75 Å². The molecule has 26 heavy (non-hydrogen) atoms. The van der Waals surface area contributed by atoms with Crippen molar-refractivity contribution in [2.75, 3.05) is 18.3 Å². The topological polar surface area (TPSA) is 58.6 Å². The standard InChI is InChI=1S/C19H16N2O3S2/c1-24-14-7-5-13(6-8-14)21-18(23)16(17(22)20-19(21)25)11-12-3-9-15(26-2)10-4-12/h3-11H,1-2H3,(H,20,22,25)/b16-11-. The van der Waals surface area contributed by atoms with Crippen LogP contribution in [0.3, 0.4) is 0 Å². The molecular formula is C19H16N2O3S2. The average Bonchev–Trinajstić information content (AvgIpc) is 2.66. The Morgan fingerprint density at radius 1 is 1.08 bits per heavy atom. The summed E-state index contributed by atoms with van der Waals surface area (Å²) < 4.78 is 5.13. The Bertz CT molecular complexity index is 890. The highest BCUT2D eigenvalue weighted by Crippen LogP contribution is 2.24. The minimum Gasteiger partial charge on any atom is -0.497 e. The Labute approximate surface area is 161 Å². The number of carbonyl (C=O) groups excluding carboxylic acids is 2. The number of thioether (sulfide) groups is 1. The number of hydrogen-bond donors (Lipinski definition) is 1. The van der Waals surface area contributed by atoms with Gasteiger partial charge >= 0.3 is 0 Å². The van der Waals surface area contributed by atoms with Crippen molar-refractivity contribution in [1.82, 2.24) is 5.32 Å². The van der Waals surface area contributed by atoms with Crippen LogP contribution in [0.1, 0.15) is 5.56 Å². The number of methoxy groups -OCH3 is 1. The lowest BCUT2D eigenvalue weighted by Gasteiger charge is -2.29. The van der Waals surface area contributed by atoms with Crippen LogP contribution in [-0.2, 0) is 9.59 Å². The number of rotatable bonds is 4. The first kappa shape index (κ1) is 18.2. The quantitative estimate of drug-likeness (QED) is 0.380. The van der Waals surface area contributed by atoms with Gasteiger partial charge in [-0.05, 0) is 66.5 Å². The van der Waals surface area contributed by atoms with E-state index < -0.39 is 11.8 Å². The summed E-state index contributed by atoms with van der Waals surface area (Å²) in [6, 6.07) is 14.5. The van der Waals surface area contributed by atoms with Gasteiger partial charge in [-0.2, -0.15) is 0 Å². The van der Waals surface area contributed by atoms with E-state index in [-0.39, 0.29) is 10.7 Å². The second-order valence-electron chi connectivity index (χ2n) is 5.43. The largest absolute Gasteiger partial charge is 0.497 e. The van der Waals surface area contributed by atoms with Crippen molar-refractivity contribution >= 4 is 52.7 Å². The van der Waals surface area contributed by atoms with Gasteiger partial charge in [0.05, 0.1) is 12.8 Å². The first-order valence-electron chi connectivity index (χ1n) is 7.73. The molecule has 3 rings (SSSR count). The highest BCUT2D eigenvalue weighted by molar-refractivity contribution is 7.98. The lowest BCUT2D eigenvalue weighted by molar-refractivity contribution is -0.122. The molecule has 1 aliphatic rings. The van der Waals surface area contributed by atoms with E-state index >= 15 is 0 Å². The number of nitrogens with zero attached hydrogens (tertiary/aromatic N) is 1. The average molecular weight is 384 g/mol. The Kier molecular flexibility index (Phi) is 5.39. The summed E-state index contributed by atoms with van der Waals surface area (Å²) in [4.78, 5) is 27.6. The number of thiocarbonyl (C=S) groups is 1. The molecule has 132 valence electrons. The predicted octanol–water partition coefficient (Wildman–Crippen LogP) is 3.25. The van der Waals surface area contributed by atoms with Crippen LogP contribution in [0, 0.1) is 0 Å². The number of hydrogen-bond acceptors (Lipinski definition) is 5. The summed E-state index contributed by atoms with van der Waals surface area (Å²) in [7, 11) is 1.56. The molecule has 1 N–H and O–H groups in total. The minimum atomic E-state index is -0.501. The summed E-state index contributed by atoms with van der Waals surface area (Å²) in [5, 5.41) is 2.63. The highest BCUT2D eigenvalue weighted by Gasteiger charge is 2.34. The zero-order chi connectivity index (χ0) is 18.7. The van der Waals surface area contributed by atoms with E-state index in [0.29, 0.717) is 11.4 Å². The number of amides is 2. The monoisotopic (exact) mass is 384 g/mol. The molecule has 0 saturated carbocycles. The van der Waals surface area contributed by atoms with E-state index in [1.165, 1.54) is 4.90 Å². The first-order chi connectivity index (χ1) is 12.5. The minimum absolute atomic E-state index is 0.0336. The van der Waals surface area contributed by atoms with E-state index in [4.69, 9.17) is 17.0 Å². The van der Waals surface area contributed by atoms with Gasteiger partial charge in [0, 0.05) is 4.90 Å². The van der Waals surface area contributed by atoms with Gasteiger partial charge in [-0.1, -0.05) is 12.1 Å². The molecule has 1 saturated heterocycles. The van der Waals surface area contributed by atoms with E-state index in [9.17, 15) is 9.59 Å². The first-order valence-corrected chi connectivity index (χ1v) is 9.36. The van der Waals surface area contributed by atoms with Crippen molar-refractivity contribution in [3.05, 3.63) is 59.7 Å². The zero-order valence-corrected chi connectivity index (χ0v) is 15.8. The van der Waals surface area contributed by atoms with E-state index in [1.54, 1.807) is 49.2 Å². The molecule has 1 fully saturated rings. The van der Waals surface area contributed by atoms with E-state index in [0.717, 1.165) is 10.5 Å². The molecule has 0 radical (unpaired) electrons. The van der Waals surface area contributed by atoms with Gasteiger partial charge in [0.1, 0.15) is 11.3 Å². The molecule has 0 aliphatic carbocycles. The van der Waals surface area contributed by atoms with Gasteiger partial charge in [-0.3, -0.25) is 19.8 Å². The predicted molar refractivity (Wildman–Crippen MR) is 107 cm³/mol. The van der Waals surface area contributed by atoms with Crippen molar-refractivity contribution in [3.8, 4) is 5.75 Å². The molecule has 2 aromatic carbocycles. The Balaban J connectivity index is 1.95. The molecule has 0 unspecified atom stereocenters. The second-order valence-corrected chi connectivity index (χ2v) is 6.70. The molecule has 0 spiro atoms. The van der Waals surface area contributed by atoms with Crippen LogP contribution >= 0.6 is 24.0 Å². The summed E-state index contributed by atoms with van der Waals surface area (Å²) in [5.74, 6) is -0.297. The summed E-state index contributed by atoms with van der Waals surface area (Å²) in [6.45, 7) is 0. The fourth-order valence-electron chi connectivity index (χ4n) is 2.49. The van der Waals surface area contributed by atoms with Crippen LogP contribution in [0.25, 0.3) is 6.08 Å². The lowest BCUT2D eigenvalue weighted by atomic mass is 10.1. The van der Waals surface area contributed by atoms with Crippen LogP contribution in [-0.4, -0.2) is 30.3 Å². The van der Waals surface area contributed by atoms with Gasteiger partial charge in [-0.25, -0.2) is 0 Å². The molecule has 2 amide bonds. The van der Waals surface area contributed by atoms with Crippen LogP contribution < -0.4 is 15.0 Å². The number of carbonyl (C=O) groups is 2. The summed E-state index contributed by atoms with van der Waals surface area (Å²) in [5.41, 5.74) is 1.36. The highest BCUT2D eigenvalue weighted by atomic mass is 32.2. The Hall–Kier alpha value is -2.64. The molecule has 0 atom stereocenters. The molecule has 7 heteroatoms. The van der Waals surface area contributed by atoms with Gasteiger partial charge in [0.15, 0.2) is 5.11 Å². The molecule has 0 aromatic heterocycles. The number of nitrogens with one attached hydrogen (secondary N) is 1. The maximum Gasteiger partial charge on any atom is 0.270 e. The second kappa shape index (κ2) is 7.72. The maximum atomic E-state index is 12.9. The molecule has 1 aliphatic heterocycles. The third kappa shape index (κ3) is 3.63. The molecule has 2 aromatic rings. The molecular weight excluding hydrogens is 368 g/mol. The lowest BCUT2D eigenvalue weighted by Crippen LogP contribution is -2.54. The van der Waals surface area contributed by atoms with Crippen molar-refractivity contribution in [2.45, 2.75) is 4.90 Å². The maximum absolute atomic E-state index is 12.9. The normalized spacial score (nSPS) is 16.0. The van der Waals surface area contributed by atoms with Crippen molar-refractivity contribution in [3.63, 3.8) is 0 Å². The fraction of sp³-hybridized carbons (Fsp3) is 0.105. The Morgan fingerprint density at radius 2 is 1.73 bits per heavy atom. The number of anilines is 1. The van der Waals surface area contributed by atoms with Crippen LogP contribution in [0.2, 0.25) is 0 Å². The van der Waals surface area contributed by atoms with Crippen molar-refractivity contribution in [1.29, 1.82) is 0 Å². The van der Waals surface area contributed by atoms with Gasteiger partial charge in [0.25, 0.3) is 11.8 Å².